The minimum atomic E-state index is 0.470. The summed E-state index contributed by atoms with van der Waals surface area (Å²) in [6.07, 6.45) is 0. The molecule has 4 heteroatoms. The molecule has 0 aliphatic carbocycles. The Hall–Kier alpha value is -0.480. The Kier molecular flexibility index (Phi) is 3.43. The summed E-state index contributed by atoms with van der Waals surface area (Å²) in [5, 5.41) is 3.60. The molecule has 0 fully saturated rings. The third kappa shape index (κ3) is 2.52. The Bertz CT molecular complexity index is 524. The molecular weight excluding hydrogens is 270 g/mol. The van der Waals surface area contributed by atoms with Crippen molar-refractivity contribution in [1.82, 2.24) is 5.32 Å². The smallest absolute Gasteiger partial charge is 0.0931 e. The second kappa shape index (κ2) is 5.02. The lowest BCUT2D eigenvalue weighted by Crippen LogP contribution is -2.19. The molecule has 1 aliphatic rings. The highest BCUT2D eigenvalue weighted by Crippen LogP contribution is 2.38. The number of thiophene rings is 1. The fraction of sp³-hybridized carbons (Fsp3) is 0.231. The molecule has 1 N–H and O–H groups in total. The number of hydrogen-bond acceptors (Lipinski definition) is 3. The zero-order chi connectivity index (χ0) is 11.7. The summed E-state index contributed by atoms with van der Waals surface area (Å²) in [7, 11) is 0. The van der Waals surface area contributed by atoms with Gasteiger partial charge >= 0.3 is 0 Å². The minimum Gasteiger partial charge on any atom is -0.304 e. The van der Waals surface area contributed by atoms with E-state index in [1.807, 2.05) is 17.8 Å². The van der Waals surface area contributed by atoms with Crippen LogP contribution in [0.4, 0.5) is 0 Å². The van der Waals surface area contributed by atoms with Gasteiger partial charge in [0.25, 0.3) is 0 Å². The lowest BCUT2D eigenvalue weighted by Gasteiger charge is -2.12. The van der Waals surface area contributed by atoms with Crippen molar-refractivity contribution >= 4 is 34.7 Å². The zero-order valence-electron chi connectivity index (χ0n) is 9.15. The number of fused-ring (bicyclic) bond motifs is 1. The number of rotatable bonds is 3. The number of halogens is 1. The molecule has 2 aromatic rings. The van der Waals surface area contributed by atoms with Crippen LogP contribution in [0.5, 0.6) is 0 Å². The van der Waals surface area contributed by atoms with Crippen molar-refractivity contribution in [3.8, 4) is 0 Å². The van der Waals surface area contributed by atoms with E-state index < -0.39 is 0 Å². The molecule has 1 aromatic carbocycles. The molecule has 0 bridgehead atoms. The van der Waals surface area contributed by atoms with Crippen molar-refractivity contribution in [2.24, 2.45) is 0 Å². The fourth-order valence-electron chi connectivity index (χ4n) is 2.00. The maximum atomic E-state index is 5.92. The van der Waals surface area contributed by atoms with Gasteiger partial charge in [-0.15, -0.1) is 23.1 Å². The van der Waals surface area contributed by atoms with Gasteiger partial charge < -0.3 is 5.32 Å². The van der Waals surface area contributed by atoms with Crippen LogP contribution in [0.1, 0.15) is 16.5 Å². The van der Waals surface area contributed by atoms with Crippen molar-refractivity contribution < 1.29 is 0 Å². The molecule has 1 unspecified atom stereocenters. The van der Waals surface area contributed by atoms with Gasteiger partial charge in [-0.1, -0.05) is 29.8 Å². The molecular formula is C13H12ClNS2. The first kappa shape index (κ1) is 11.6. The first-order valence-corrected chi connectivity index (χ1v) is 7.70. The summed E-state index contributed by atoms with van der Waals surface area (Å²) in [6.45, 7) is 0.900. The van der Waals surface area contributed by atoms with E-state index in [1.54, 1.807) is 11.3 Å². The van der Waals surface area contributed by atoms with Gasteiger partial charge in [0.1, 0.15) is 0 Å². The Morgan fingerprint density at radius 2 is 2.12 bits per heavy atom. The van der Waals surface area contributed by atoms with Crippen LogP contribution < -0.4 is 5.32 Å². The SMILES string of the molecule is Clc1ccc(CNC2CSc3ccccc32)s1. The highest BCUT2D eigenvalue weighted by molar-refractivity contribution is 7.99. The van der Waals surface area contributed by atoms with E-state index in [4.69, 9.17) is 11.6 Å². The van der Waals surface area contributed by atoms with E-state index >= 15 is 0 Å². The predicted molar refractivity (Wildman–Crippen MR) is 76.1 cm³/mol. The first-order valence-electron chi connectivity index (χ1n) is 5.52. The molecule has 3 rings (SSSR count). The van der Waals surface area contributed by atoms with Crippen molar-refractivity contribution in [3.63, 3.8) is 0 Å². The fourth-order valence-corrected chi connectivity index (χ4v) is 4.24. The van der Waals surface area contributed by atoms with Crippen LogP contribution in [0.2, 0.25) is 4.34 Å². The van der Waals surface area contributed by atoms with Crippen molar-refractivity contribution in [2.75, 3.05) is 5.75 Å². The second-order valence-corrected chi connectivity index (χ2v) is 6.85. The predicted octanol–water partition coefficient (Wildman–Crippen LogP) is 4.34. The molecule has 88 valence electrons. The summed E-state index contributed by atoms with van der Waals surface area (Å²) in [6, 6.07) is 13.2. The Labute approximate surface area is 114 Å². The van der Waals surface area contributed by atoms with E-state index in [9.17, 15) is 0 Å². The van der Waals surface area contributed by atoms with Gasteiger partial charge in [0, 0.05) is 28.1 Å². The molecule has 0 spiro atoms. The van der Waals surface area contributed by atoms with E-state index in [-0.39, 0.29) is 0 Å². The molecule has 1 aliphatic heterocycles. The van der Waals surface area contributed by atoms with Crippen molar-refractivity contribution in [3.05, 3.63) is 51.2 Å². The summed E-state index contributed by atoms with van der Waals surface area (Å²) < 4.78 is 0.864. The number of benzene rings is 1. The summed E-state index contributed by atoms with van der Waals surface area (Å²) in [5.41, 5.74) is 1.43. The summed E-state index contributed by atoms with van der Waals surface area (Å²) in [4.78, 5) is 2.71. The maximum absolute atomic E-state index is 5.92. The third-order valence-electron chi connectivity index (χ3n) is 2.85. The van der Waals surface area contributed by atoms with Crippen LogP contribution in [0.15, 0.2) is 41.3 Å². The molecule has 0 saturated heterocycles. The van der Waals surface area contributed by atoms with Gasteiger partial charge in [0.2, 0.25) is 0 Å². The van der Waals surface area contributed by atoms with Crippen molar-refractivity contribution in [2.45, 2.75) is 17.5 Å². The van der Waals surface area contributed by atoms with E-state index in [0.29, 0.717) is 6.04 Å². The highest BCUT2D eigenvalue weighted by Gasteiger charge is 2.21. The van der Waals surface area contributed by atoms with Gasteiger partial charge in [0.05, 0.1) is 4.34 Å². The quantitative estimate of drug-likeness (QED) is 0.898. The van der Waals surface area contributed by atoms with Crippen LogP contribution >= 0.6 is 34.7 Å². The lowest BCUT2D eigenvalue weighted by atomic mass is 10.1. The highest BCUT2D eigenvalue weighted by atomic mass is 35.5. The molecule has 2 heterocycles. The van der Waals surface area contributed by atoms with Crippen molar-refractivity contribution in [1.29, 1.82) is 0 Å². The standard InChI is InChI=1S/C13H12ClNS2/c14-13-6-5-9(17-13)7-15-11-8-16-12-4-2-1-3-10(11)12/h1-6,11,15H,7-8H2. The molecule has 0 amide bonds. The largest absolute Gasteiger partial charge is 0.304 e. The Morgan fingerprint density at radius 1 is 1.24 bits per heavy atom. The second-order valence-electron chi connectivity index (χ2n) is 3.99. The van der Waals surface area contributed by atoms with Crippen LogP contribution in [-0.2, 0) is 6.54 Å². The van der Waals surface area contributed by atoms with Crippen LogP contribution in [0, 0.1) is 0 Å². The van der Waals surface area contributed by atoms with Gasteiger partial charge in [-0.25, -0.2) is 0 Å². The molecule has 17 heavy (non-hydrogen) atoms. The molecule has 1 aromatic heterocycles. The zero-order valence-corrected chi connectivity index (χ0v) is 11.5. The maximum Gasteiger partial charge on any atom is 0.0931 e. The van der Waals surface area contributed by atoms with E-state index in [0.717, 1.165) is 16.6 Å². The molecule has 1 atom stereocenters. The molecule has 1 nitrogen and oxygen atoms in total. The topological polar surface area (TPSA) is 12.0 Å². The lowest BCUT2D eigenvalue weighted by molar-refractivity contribution is 0.588. The van der Waals surface area contributed by atoms with Crippen LogP contribution in [0.3, 0.4) is 0 Å². The number of thioether (sulfide) groups is 1. The summed E-state index contributed by atoms with van der Waals surface area (Å²) in [5.74, 6) is 1.12. The normalized spacial score (nSPS) is 18.3. The minimum absolute atomic E-state index is 0.470. The van der Waals surface area contributed by atoms with Gasteiger partial charge in [-0.2, -0.15) is 0 Å². The van der Waals surface area contributed by atoms with Crippen LogP contribution in [-0.4, -0.2) is 5.75 Å². The average Bonchev–Trinajstić information content (AvgIpc) is 2.93. The van der Waals surface area contributed by atoms with Crippen LogP contribution in [0.25, 0.3) is 0 Å². The average molecular weight is 282 g/mol. The number of nitrogens with one attached hydrogen (secondary N) is 1. The van der Waals surface area contributed by atoms with Gasteiger partial charge in [-0.05, 0) is 23.8 Å². The van der Waals surface area contributed by atoms with E-state index in [2.05, 4.69) is 35.6 Å². The van der Waals surface area contributed by atoms with Gasteiger partial charge in [-0.3, -0.25) is 0 Å². The Morgan fingerprint density at radius 3 is 2.94 bits per heavy atom. The monoisotopic (exact) mass is 281 g/mol. The number of hydrogen-bond donors (Lipinski definition) is 1. The molecule has 0 radical (unpaired) electrons. The van der Waals surface area contributed by atoms with E-state index in [1.165, 1.54) is 15.3 Å². The first-order chi connectivity index (χ1) is 8.33. The third-order valence-corrected chi connectivity index (χ3v) is 5.27. The molecule has 0 saturated carbocycles. The Balaban J connectivity index is 1.68. The van der Waals surface area contributed by atoms with Gasteiger partial charge in [0.15, 0.2) is 0 Å². The summed E-state index contributed by atoms with van der Waals surface area (Å²) >= 11 is 9.50.